The number of para-hydroxylation sites is 2. The summed E-state index contributed by atoms with van der Waals surface area (Å²) in [6.07, 6.45) is 3.25. The molecule has 0 bridgehead atoms. The van der Waals surface area contributed by atoms with Crippen LogP contribution in [0.3, 0.4) is 0 Å². The third kappa shape index (κ3) is 5.02. The van der Waals surface area contributed by atoms with E-state index >= 15 is 0 Å². The molecule has 1 heterocycles. The van der Waals surface area contributed by atoms with Gasteiger partial charge >= 0.3 is 0 Å². The van der Waals surface area contributed by atoms with Crippen molar-refractivity contribution in [1.29, 1.82) is 0 Å². The van der Waals surface area contributed by atoms with Crippen LogP contribution in [0.1, 0.15) is 26.3 Å². The highest BCUT2D eigenvalue weighted by molar-refractivity contribution is 7.98. The number of nitrogens with zero attached hydrogens (tertiary/aromatic N) is 2. The first-order valence-electron chi connectivity index (χ1n) is 8.67. The molecule has 3 rings (SSSR count). The van der Waals surface area contributed by atoms with Gasteiger partial charge in [-0.15, -0.1) is 0 Å². The Morgan fingerprint density at radius 3 is 2.48 bits per heavy atom. The minimum absolute atomic E-state index is 0.222. The number of carbonyl (C=O) groups excluding carboxylic acids is 2. The van der Waals surface area contributed by atoms with Crippen LogP contribution in [0.4, 0.5) is 17.2 Å². The Morgan fingerprint density at radius 1 is 1.10 bits per heavy atom. The minimum atomic E-state index is -0.604. The number of amides is 2. The molecule has 3 aromatic rings. The number of hydrogen-bond acceptors (Lipinski definition) is 7. The average Bonchev–Trinajstić information content (AvgIpc) is 2.73. The molecule has 148 valence electrons. The summed E-state index contributed by atoms with van der Waals surface area (Å²) in [6.45, 7) is 0.401. The Bertz CT molecular complexity index is 1040. The number of aromatic nitrogens is 2. The largest absolute Gasteiger partial charge is 0.397 e. The molecule has 0 aliphatic rings. The molecule has 0 unspecified atom stereocenters. The van der Waals surface area contributed by atoms with Crippen LogP contribution in [0.15, 0.2) is 59.9 Å². The maximum absolute atomic E-state index is 12.4. The molecule has 0 spiro atoms. The molecule has 0 saturated heterocycles. The zero-order chi connectivity index (χ0) is 20.8. The van der Waals surface area contributed by atoms with Gasteiger partial charge in [-0.25, -0.2) is 9.97 Å². The van der Waals surface area contributed by atoms with Gasteiger partial charge in [0.1, 0.15) is 5.82 Å². The minimum Gasteiger partial charge on any atom is -0.397 e. The number of nitrogens with one attached hydrogen (secondary N) is 2. The summed E-state index contributed by atoms with van der Waals surface area (Å²) in [6, 6.07) is 14.1. The lowest BCUT2D eigenvalue weighted by Gasteiger charge is -2.11. The van der Waals surface area contributed by atoms with E-state index in [0.29, 0.717) is 34.5 Å². The summed E-state index contributed by atoms with van der Waals surface area (Å²) in [5.74, 6) is -0.482. The zero-order valence-electron chi connectivity index (χ0n) is 15.7. The van der Waals surface area contributed by atoms with E-state index < -0.39 is 5.91 Å². The van der Waals surface area contributed by atoms with E-state index in [9.17, 15) is 9.59 Å². The van der Waals surface area contributed by atoms with Gasteiger partial charge in [-0.1, -0.05) is 36.0 Å². The van der Waals surface area contributed by atoms with Crippen molar-refractivity contribution in [3.05, 3.63) is 71.4 Å². The lowest BCUT2D eigenvalue weighted by atomic mass is 10.1. The third-order valence-corrected chi connectivity index (χ3v) is 4.66. The van der Waals surface area contributed by atoms with E-state index in [-0.39, 0.29) is 11.5 Å². The number of anilines is 3. The van der Waals surface area contributed by atoms with Gasteiger partial charge in [0, 0.05) is 18.3 Å². The number of carbonyl (C=O) groups is 2. The molecular formula is C20H20N6O2S. The molecule has 0 aliphatic heterocycles. The van der Waals surface area contributed by atoms with E-state index in [4.69, 9.17) is 11.5 Å². The highest BCUT2D eigenvalue weighted by atomic mass is 32.2. The first-order chi connectivity index (χ1) is 14.0. The molecule has 1 aromatic heterocycles. The van der Waals surface area contributed by atoms with E-state index in [1.165, 1.54) is 18.0 Å². The maximum atomic E-state index is 12.4. The number of hydrogen-bond donors (Lipinski definition) is 4. The summed E-state index contributed by atoms with van der Waals surface area (Å²) in [7, 11) is 0. The molecule has 0 aliphatic carbocycles. The molecule has 0 atom stereocenters. The highest BCUT2D eigenvalue weighted by Crippen LogP contribution is 2.19. The van der Waals surface area contributed by atoms with E-state index in [1.807, 2.05) is 18.4 Å². The van der Waals surface area contributed by atoms with Gasteiger partial charge in [-0.3, -0.25) is 9.59 Å². The Labute approximate surface area is 172 Å². The van der Waals surface area contributed by atoms with Gasteiger partial charge in [0.2, 0.25) is 0 Å². The summed E-state index contributed by atoms with van der Waals surface area (Å²) in [5, 5.41) is 6.42. The fraction of sp³-hybridized carbons (Fsp3) is 0.100. The summed E-state index contributed by atoms with van der Waals surface area (Å²) >= 11 is 1.36. The molecular weight excluding hydrogens is 388 g/mol. The van der Waals surface area contributed by atoms with Crippen LogP contribution in [-0.2, 0) is 6.54 Å². The van der Waals surface area contributed by atoms with Gasteiger partial charge < -0.3 is 22.1 Å². The van der Waals surface area contributed by atoms with Crippen LogP contribution < -0.4 is 22.1 Å². The quantitative estimate of drug-likeness (QED) is 0.268. The van der Waals surface area contributed by atoms with Crippen LogP contribution in [-0.4, -0.2) is 28.0 Å². The Hall–Kier alpha value is -3.59. The number of thioether (sulfide) groups is 1. The van der Waals surface area contributed by atoms with Crippen molar-refractivity contribution in [2.45, 2.75) is 11.7 Å². The zero-order valence-corrected chi connectivity index (χ0v) is 16.5. The number of benzene rings is 2. The summed E-state index contributed by atoms with van der Waals surface area (Å²) in [5.41, 5.74) is 13.9. The lowest BCUT2D eigenvalue weighted by Crippen LogP contribution is -2.16. The number of nitrogens with two attached hydrogens (primary N) is 2. The molecule has 0 saturated carbocycles. The fourth-order valence-corrected chi connectivity index (χ4v) is 2.88. The molecule has 0 radical (unpaired) electrons. The van der Waals surface area contributed by atoms with Gasteiger partial charge in [0.05, 0.1) is 16.9 Å². The molecule has 6 N–H and O–H groups in total. The monoisotopic (exact) mass is 408 g/mol. The second kappa shape index (κ2) is 9.07. The predicted molar refractivity (Wildman–Crippen MR) is 115 cm³/mol. The van der Waals surface area contributed by atoms with Crippen LogP contribution >= 0.6 is 11.8 Å². The normalized spacial score (nSPS) is 10.4. The van der Waals surface area contributed by atoms with Gasteiger partial charge in [0.25, 0.3) is 11.8 Å². The van der Waals surface area contributed by atoms with Gasteiger partial charge in [0.15, 0.2) is 5.16 Å². The van der Waals surface area contributed by atoms with Crippen molar-refractivity contribution < 1.29 is 9.59 Å². The SMILES string of the molecule is CSc1ncc(C(N)=O)c(NCc2ccc(C(=O)Nc3ccccc3N)cc2)n1. The highest BCUT2D eigenvalue weighted by Gasteiger charge is 2.12. The maximum Gasteiger partial charge on any atom is 0.255 e. The average molecular weight is 408 g/mol. The first kappa shape index (κ1) is 20.2. The standard InChI is InChI=1S/C20H20N6O2S/c1-29-20-24-11-14(17(22)27)18(26-20)23-10-12-6-8-13(9-7-12)19(28)25-16-5-3-2-4-15(16)21/h2-9,11H,10,21H2,1H3,(H2,22,27)(H,25,28)(H,23,24,26). The van der Waals surface area contributed by atoms with Gasteiger partial charge in [-0.05, 0) is 36.1 Å². The summed E-state index contributed by atoms with van der Waals surface area (Å²) in [4.78, 5) is 32.3. The Kier molecular flexibility index (Phi) is 6.30. The molecule has 8 nitrogen and oxygen atoms in total. The van der Waals surface area contributed by atoms with Crippen LogP contribution in [0.2, 0.25) is 0 Å². The van der Waals surface area contributed by atoms with Crippen LogP contribution in [0.25, 0.3) is 0 Å². The Morgan fingerprint density at radius 2 is 1.83 bits per heavy atom. The summed E-state index contributed by atoms with van der Waals surface area (Å²) < 4.78 is 0. The Balaban J connectivity index is 1.68. The van der Waals surface area contributed by atoms with E-state index in [1.54, 1.807) is 36.4 Å². The third-order valence-electron chi connectivity index (χ3n) is 4.10. The fourth-order valence-electron chi connectivity index (χ4n) is 2.54. The predicted octanol–water partition coefficient (Wildman–Crippen LogP) is 2.74. The van der Waals surface area contributed by atoms with Crippen LogP contribution in [0.5, 0.6) is 0 Å². The molecule has 9 heteroatoms. The second-order valence-corrected chi connectivity index (χ2v) is 6.85. The second-order valence-electron chi connectivity index (χ2n) is 6.08. The molecule has 29 heavy (non-hydrogen) atoms. The topological polar surface area (TPSA) is 136 Å². The first-order valence-corrected chi connectivity index (χ1v) is 9.90. The van der Waals surface area contributed by atoms with Gasteiger partial charge in [-0.2, -0.15) is 0 Å². The molecule has 2 amide bonds. The number of nitrogen functional groups attached to an aromatic ring is 1. The lowest BCUT2D eigenvalue weighted by molar-refractivity contribution is 0.0997. The number of primary amides is 1. The molecule has 0 fully saturated rings. The number of rotatable bonds is 7. The molecule has 2 aromatic carbocycles. The van der Waals surface area contributed by atoms with Crippen molar-refractivity contribution in [1.82, 2.24) is 9.97 Å². The van der Waals surface area contributed by atoms with Crippen molar-refractivity contribution in [3.8, 4) is 0 Å². The van der Waals surface area contributed by atoms with E-state index in [0.717, 1.165) is 5.56 Å². The van der Waals surface area contributed by atoms with E-state index in [2.05, 4.69) is 20.6 Å². The van der Waals surface area contributed by atoms with Crippen LogP contribution in [0, 0.1) is 0 Å². The van der Waals surface area contributed by atoms with Crippen molar-refractivity contribution >= 4 is 40.8 Å². The smallest absolute Gasteiger partial charge is 0.255 e. The van der Waals surface area contributed by atoms with Crippen molar-refractivity contribution in [3.63, 3.8) is 0 Å². The van der Waals surface area contributed by atoms with Crippen molar-refractivity contribution in [2.24, 2.45) is 5.73 Å². The van der Waals surface area contributed by atoms with Crippen molar-refractivity contribution in [2.75, 3.05) is 22.6 Å².